The number of nitrogens with zero attached hydrogens (tertiary/aromatic N) is 1. The van der Waals surface area contributed by atoms with Crippen LogP contribution < -0.4 is 20.5 Å². The minimum Gasteiger partial charge on any atom is -0.493 e. The summed E-state index contributed by atoms with van der Waals surface area (Å²) in [6.45, 7) is 1.95. The smallest absolute Gasteiger partial charge is 0.261 e. The Morgan fingerprint density at radius 2 is 1.65 bits per heavy atom. The van der Waals surface area contributed by atoms with Gasteiger partial charge in [0.2, 0.25) is 5.91 Å². The number of aryl methyl sites for hydroxylation is 1. The number of imide groups is 1. The average Bonchev–Trinajstić information content (AvgIpc) is 2.97. The molecule has 9 heteroatoms. The molecule has 1 heterocycles. The summed E-state index contributed by atoms with van der Waals surface area (Å²) >= 11 is 0. The molecule has 0 fully saturated rings. The SMILES string of the molecule is COc1cc(NC(=O)CCCN2C(=O)c3ccc(C)cc3C2=O)c(C(N)=O)cc1OC. The van der Waals surface area contributed by atoms with Crippen molar-refractivity contribution in [2.24, 2.45) is 5.73 Å². The van der Waals surface area contributed by atoms with Crippen molar-refractivity contribution in [1.29, 1.82) is 0 Å². The largest absolute Gasteiger partial charge is 0.493 e. The van der Waals surface area contributed by atoms with E-state index in [1.807, 2.05) is 6.92 Å². The molecule has 2 aromatic carbocycles. The number of carbonyl (C=O) groups excluding carboxylic acids is 4. The lowest BCUT2D eigenvalue weighted by Gasteiger charge is -2.15. The lowest BCUT2D eigenvalue weighted by atomic mass is 10.1. The number of methoxy groups -OCH3 is 2. The third-order valence-electron chi connectivity index (χ3n) is 4.98. The van der Waals surface area contributed by atoms with Crippen molar-refractivity contribution in [2.75, 3.05) is 26.1 Å². The van der Waals surface area contributed by atoms with Crippen LogP contribution >= 0.6 is 0 Å². The number of hydrogen-bond acceptors (Lipinski definition) is 6. The molecule has 1 aliphatic rings. The summed E-state index contributed by atoms with van der Waals surface area (Å²) in [5, 5.41) is 2.63. The predicted octanol–water partition coefficient (Wildman–Crippen LogP) is 2.13. The third kappa shape index (κ3) is 4.35. The van der Waals surface area contributed by atoms with Crippen LogP contribution in [0.5, 0.6) is 11.5 Å². The molecule has 1 aliphatic heterocycles. The first-order chi connectivity index (χ1) is 14.8. The number of nitrogens with two attached hydrogens (primary N) is 1. The highest BCUT2D eigenvalue weighted by atomic mass is 16.5. The fraction of sp³-hybridized carbons (Fsp3) is 0.273. The van der Waals surface area contributed by atoms with Gasteiger partial charge < -0.3 is 20.5 Å². The molecule has 0 radical (unpaired) electrons. The first-order valence-electron chi connectivity index (χ1n) is 9.59. The van der Waals surface area contributed by atoms with Crippen molar-refractivity contribution in [2.45, 2.75) is 19.8 Å². The van der Waals surface area contributed by atoms with E-state index in [1.165, 1.54) is 26.4 Å². The van der Waals surface area contributed by atoms with Crippen molar-refractivity contribution >= 4 is 29.3 Å². The minimum atomic E-state index is -0.738. The number of amides is 4. The Hall–Kier alpha value is -3.88. The van der Waals surface area contributed by atoms with Gasteiger partial charge in [-0.2, -0.15) is 0 Å². The summed E-state index contributed by atoms with van der Waals surface area (Å²) in [4.78, 5) is 50.3. The van der Waals surface area contributed by atoms with Crippen molar-refractivity contribution in [3.8, 4) is 11.5 Å². The van der Waals surface area contributed by atoms with Gasteiger partial charge in [0.25, 0.3) is 17.7 Å². The molecule has 31 heavy (non-hydrogen) atoms. The number of primary amides is 1. The minimum absolute atomic E-state index is 0.0268. The number of carbonyl (C=O) groups is 4. The van der Waals surface area contributed by atoms with Gasteiger partial charge in [0, 0.05) is 19.0 Å². The molecule has 0 unspecified atom stereocenters. The van der Waals surface area contributed by atoms with E-state index >= 15 is 0 Å². The second-order valence-electron chi connectivity index (χ2n) is 7.08. The summed E-state index contributed by atoms with van der Waals surface area (Å²) in [5.74, 6) is -1.24. The molecule has 9 nitrogen and oxygen atoms in total. The summed E-state index contributed by atoms with van der Waals surface area (Å²) < 4.78 is 10.3. The number of rotatable bonds is 8. The zero-order chi connectivity index (χ0) is 22.7. The average molecular weight is 425 g/mol. The second-order valence-corrected chi connectivity index (χ2v) is 7.08. The molecule has 2 aromatic rings. The van der Waals surface area contributed by atoms with E-state index in [1.54, 1.807) is 18.2 Å². The molecule has 0 atom stereocenters. The maximum absolute atomic E-state index is 12.5. The van der Waals surface area contributed by atoms with Gasteiger partial charge in [-0.1, -0.05) is 11.6 Å². The zero-order valence-electron chi connectivity index (χ0n) is 17.5. The number of anilines is 1. The monoisotopic (exact) mass is 425 g/mol. The standard InChI is InChI=1S/C22H23N3O6/c1-12-6-7-13-14(9-12)22(29)25(21(13)28)8-4-5-19(26)24-16-11-18(31-3)17(30-2)10-15(16)20(23)27/h6-7,9-11H,4-5,8H2,1-3H3,(H2,23,27)(H,24,26). The molecule has 3 N–H and O–H groups in total. The van der Waals surface area contributed by atoms with E-state index in [-0.39, 0.29) is 42.5 Å². The molecule has 4 amide bonds. The van der Waals surface area contributed by atoms with E-state index in [2.05, 4.69) is 5.32 Å². The van der Waals surface area contributed by atoms with Crippen LogP contribution in [0.2, 0.25) is 0 Å². The molecule has 0 spiro atoms. The molecular formula is C22H23N3O6. The van der Waals surface area contributed by atoms with Crippen molar-refractivity contribution in [1.82, 2.24) is 4.90 Å². The number of benzene rings is 2. The molecule has 0 saturated carbocycles. The molecule has 162 valence electrons. The highest BCUT2D eigenvalue weighted by molar-refractivity contribution is 6.21. The summed E-state index contributed by atoms with van der Waals surface area (Å²) in [5.41, 5.74) is 7.30. The maximum Gasteiger partial charge on any atom is 0.261 e. The zero-order valence-corrected chi connectivity index (χ0v) is 17.5. The van der Waals surface area contributed by atoms with Gasteiger partial charge in [0.15, 0.2) is 11.5 Å². The predicted molar refractivity (Wildman–Crippen MR) is 112 cm³/mol. The summed E-state index contributed by atoms with van der Waals surface area (Å²) in [6, 6.07) is 7.94. The number of nitrogens with one attached hydrogen (secondary N) is 1. The van der Waals surface area contributed by atoms with Crippen LogP contribution in [-0.2, 0) is 4.79 Å². The Morgan fingerprint density at radius 1 is 1.00 bits per heavy atom. The normalized spacial score (nSPS) is 12.5. The van der Waals surface area contributed by atoms with E-state index in [4.69, 9.17) is 15.2 Å². The van der Waals surface area contributed by atoms with Gasteiger partial charge in [0.05, 0.1) is 36.6 Å². The van der Waals surface area contributed by atoms with Gasteiger partial charge in [-0.3, -0.25) is 24.1 Å². The highest BCUT2D eigenvalue weighted by Gasteiger charge is 2.35. The molecule has 0 saturated heterocycles. The first kappa shape index (κ1) is 21.8. The van der Waals surface area contributed by atoms with Gasteiger partial charge in [0.1, 0.15) is 0 Å². The molecule has 0 bridgehead atoms. The van der Waals surface area contributed by atoms with Crippen LogP contribution in [0, 0.1) is 6.92 Å². The van der Waals surface area contributed by atoms with Gasteiger partial charge in [-0.05, 0) is 31.5 Å². The Bertz CT molecular complexity index is 1080. The van der Waals surface area contributed by atoms with Gasteiger partial charge >= 0.3 is 0 Å². The quantitative estimate of drug-likeness (QED) is 0.624. The van der Waals surface area contributed by atoms with E-state index in [0.29, 0.717) is 22.6 Å². The fourth-order valence-corrected chi connectivity index (χ4v) is 3.40. The van der Waals surface area contributed by atoms with Crippen LogP contribution in [0.15, 0.2) is 30.3 Å². The molecular weight excluding hydrogens is 402 g/mol. The van der Waals surface area contributed by atoms with Crippen LogP contribution in [0.3, 0.4) is 0 Å². The van der Waals surface area contributed by atoms with Crippen LogP contribution in [0.25, 0.3) is 0 Å². The van der Waals surface area contributed by atoms with Crippen LogP contribution in [0.1, 0.15) is 49.5 Å². The topological polar surface area (TPSA) is 128 Å². The number of ether oxygens (including phenoxy) is 2. The number of fused-ring (bicyclic) bond motifs is 1. The fourth-order valence-electron chi connectivity index (χ4n) is 3.40. The summed E-state index contributed by atoms with van der Waals surface area (Å²) in [7, 11) is 2.85. The van der Waals surface area contributed by atoms with E-state index < -0.39 is 11.8 Å². The van der Waals surface area contributed by atoms with Crippen molar-refractivity contribution in [3.05, 3.63) is 52.6 Å². The maximum atomic E-state index is 12.5. The van der Waals surface area contributed by atoms with Crippen molar-refractivity contribution < 1.29 is 28.7 Å². The Morgan fingerprint density at radius 3 is 2.29 bits per heavy atom. The Balaban J connectivity index is 1.64. The lowest BCUT2D eigenvalue weighted by molar-refractivity contribution is -0.116. The summed E-state index contributed by atoms with van der Waals surface area (Å²) in [6.07, 6.45) is 0.286. The first-order valence-corrected chi connectivity index (χ1v) is 9.59. The highest BCUT2D eigenvalue weighted by Crippen LogP contribution is 2.33. The van der Waals surface area contributed by atoms with Crippen LogP contribution in [0.4, 0.5) is 5.69 Å². The van der Waals surface area contributed by atoms with Crippen LogP contribution in [-0.4, -0.2) is 49.3 Å². The molecule has 3 rings (SSSR count). The number of hydrogen-bond donors (Lipinski definition) is 2. The second kappa shape index (κ2) is 8.86. The Labute approximate surface area is 179 Å². The molecule has 0 aromatic heterocycles. The third-order valence-corrected chi connectivity index (χ3v) is 4.98. The Kier molecular flexibility index (Phi) is 6.24. The molecule has 0 aliphatic carbocycles. The van der Waals surface area contributed by atoms with Gasteiger partial charge in [-0.25, -0.2) is 0 Å². The van der Waals surface area contributed by atoms with E-state index in [9.17, 15) is 19.2 Å². The lowest BCUT2D eigenvalue weighted by Crippen LogP contribution is -2.31. The van der Waals surface area contributed by atoms with Gasteiger partial charge in [-0.15, -0.1) is 0 Å². The van der Waals surface area contributed by atoms with E-state index in [0.717, 1.165) is 10.5 Å². The van der Waals surface area contributed by atoms with Crippen molar-refractivity contribution in [3.63, 3.8) is 0 Å².